The van der Waals surface area contributed by atoms with Crippen LogP contribution in [0, 0.1) is 5.92 Å². The van der Waals surface area contributed by atoms with Gasteiger partial charge >= 0.3 is 0 Å². The Hall–Kier alpha value is -1.38. The molecular weight excluding hydrogens is 200 g/mol. The van der Waals surface area contributed by atoms with E-state index in [1.54, 1.807) is 12.3 Å². The number of hydrogen-bond acceptors (Lipinski definition) is 3. The minimum atomic E-state index is 0.0105. The zero-order chi connectivity index (χ0) is 12.1. The molecule has 1 heterocycles. The van der Waals surface area contributed by atoms with E-state index in [1.807, 2.05) is 13.1 Å². The summed E-state index contributed by atoms with van der Waals surface area (Å²) in [4.78, 5) is 17.4. The quantitative estimate of drug-likeness (QED) is 0.715. The van der Waals surface area contributed by atoms with Crippen molar-refractivity contribution in [2.24, 2.45) is 5.92 Å². The van der Waals surface area contributed by atoms with Crippen LogP contribution < -0.4 is 4.90 Å². The number of carbonyl (C=O) groups is 1. The maximum Gasteiger partial charge on any atom is 0.178 e. The van der Waals surface area contributed by atoms with Crippen LogP contribution in [0.1, 0.15) is 37.7 Å². The van der Waals surface area contributed by atoms with Gasteiger partial charge in [0.05, 0.1) is 11.9 Å². The average Bonchev–Trinajstić information content (AvgIpc) is 2.26. The van der Waals surface area contributed by atoms with E-state index in [1.165, 1.54) is 6.92 Å². The van der Waals surface area contributed by atoms with Crippen LogP contribution in [0.15, 0.2) is 18.3 Å². The summed E-state index contributed by atoms with van der Waals surface area (Å²) in [5.74, 6) is 0.711. The Bertz CT molecular complexity index is 343. The highest BCUT2D eigenvalue weighted by Gasteiger charge is 2.04. The molecule has 0 aliphatic carbocycles. The summed E-state index contributed by atoms with van der Waals surface area (Å²) in [5, 5.41) is 0. The topological polar surface area (TPSA) is 33.2 Å². The zero-order valence-corrected chi connectivity index (χ0v) is 10.5. The van der Waals surface area contributed by atoms with Crippen molar-refractivity contribution >= 4 is 11.5 Å². The second-order valence-electron chi connectivity index (χ2n) is 4.56. The molecule has 0 aromatic carbocycles. The van der Waals surface area contributed by atoms with Gasteiger partial charge in [0.15, 0.2) is 5.78 Å². The minimum Gasteiger partial charge on any atom is -0.373 e. The Labute approximate surface area is 97.5 Å². The van der Waals surface area contributed by atoms with E-state index >= 15 is 0 Å². The fraction of sp³-hybridized carbons (Fsp3) is 0.538. The first-order valence-electron chi connectivity index (χ1n) is 5.69. The molecule has 88 valence electrons. The third-order valence-electron chi connectivity index (χ3n) is 2.59. The van der Waals surface area contributed by atoms with Crippen molar-refractivity contribution in [1.82, 2.24) is 4.98 Å². The molecule has 0 N–H and O–H groups in total. The normalized spacial score (nSPS) is 10.6. The summed E-state index contributed by atoms with van der Waals surface area (Å²) in [6, 6.07) is 3.73. The van der Waals surface area contributed by atoms with Crippen LogP contribution in [0.3, 0.4) is 0 Å². The standard InChI is InChI=1S/C13H20N2O/c1-10(2)7-8-15(4)12-5-6-13(11(3)16)14-9-12/h5-6,9-10H,7-8H2,1-4H3. The van der Waals surface area contributed by atoms with E-state index < -0.39 is 0 Å². The van der Waals surface area contributed by atoms with Crippen molar-refractivity contribution < 1.29 is 4.79 Å². The van der Waals surface area contributed by atoms with Gasteiger partial charge in [0.1, 0.15) is 5.69 Å². The van der Waals surface area contributed by atoms with Crippen molar-refractivity contribution in [2.45, 2.75) is 27.2 Å². The van der Waals surface area contributed by atoms with Gasteiger partial charge in [-0.1, -0.05) is 13.8 Å². The van der Waals surface area contributed by atoms with Gasteiger partial charge in [-0.3, -0.25) is 9.78 Å². The van der Waals surface area contributed by atoms with Crippen LogP contribution in [0.25, 0.3) is 0 Å². The summed E-state index contributed by atoms with van der Waals surface area (Å²) in [7, 11) is 2.05. The highest BCUT2D eigenvalue weighted by atomic mass is 16.1. The van der Waals surface area contributed by atoms with E-state index in [-0.39, 0.29) is 5.78 Å². The first-order valence-corrected chi connectivity index (χ1v) is 5.69. The molecule has 0 radical (unpaired) electrons. The summed E-state index contributed by atoms with van der Waals surface area (Å²) >= 11 is 0. The van der Waals surface area contributed by atoms with E-state index in [0.29, 0.717) is 11.6 Å². The highest BCUT2D eigenvalue weighted by molar-refractivity contribution is 5.92. The van der Waals surface area contributed by atoms with Crippen LogP contribution in [0.5, 0.6) is 0 Å². The second-order valence-corrected chi connectivity index (χ2v) is 4.56. The fourth-order valence-corrected chi connectivity index (χ4v) is 1.40. The number of rotatable bonds is 5. The van der Waals surface area contributed by atoms with Crippen molar-refractivity contribution in [3.63, 3.8) is 0 Å². The minimum absolute atomic E-state index is 0.0105. The Kier molecular flexibility index (Phi) is 4.47. The molecule has 0 aliphatic heterocycles. The van der Waals surface area contributed by atoms with Gasteiger partial charge in [0, 0.05) is 20.5 Å². The third-order valence-corrected chi connectivity index (χ3v) is 2.59. The molecule has 0 saturated carbocycles. The number of aromatic nitrogens is 1. The first kappa shape index (κ1) is 12.7. The predicted molar refractivity (Wildman–Crippen MR) is 67.0 cm³/mol. The van der Waals surface area contributed by atoms with E-state index in [0.717, 1.165) is 18.7 Å². The van der Waals surface area contributed by atoms with Crippen LogP contribution in [0.4, 0.5) is 5.69 Å². The molecule has 1 aromatic heterocycles. The molecule has 3 nitrogen and oxygen atoms in total. The molecule has 3 heteroatoms. The van der Waals surface area contributed by atoms with Crippen molar-refractivity contribution in [1.29, 1.82) is 0 Å². The smallest absolute Gasteiger partial charge is 0.178 e. The maximum atomic E-state index is 11.1. The van der Waals surface area contributed by atoms with Crippen LogP contribution in [-0.2, 0) is 0 Å². The van der Waals surface area contributed by atoms with Gasteiger partial charge in [-0.2, -0.15) is 0 Å². The van der Waals surface area contributed by atoms with Crippen LogP contribution in [0.2, 0.25) is 0 Å². The molecule has 0 fully saturated rings. The van der Waals surface area contributed by atoms with Crippen molar-refractivity contribution in [3.05, 3.63) is 24.0 Å². The van der Waals surface area contributed by atoms with Crippen LogP contribution in [-0.4, -0.2) is 24.4 Å². The number of pyridine rings is 1. The second kappa shape index (κ2) is 5.64. The molecule has 0 bridgehead atoms. The summed E-state index contributed by atoms with van der Waals surface area (Å²) < 4.78 is 0. The lowest BCUT2D eigenvalue weighted by Gasteiger charge is -2.19. The molecular formula is C13H20N2O. The maximum absolute atomic E-state index is 11.1. The highest BCUT2D eigenvalue weighted by Crippen LogP contribution is 2.13. The average molecular weight is 220 g/mol. The number of ketones is 1. The third kappa shape index (κ3) is 3.65. The molecule has 0 unspecified atom stereocenters. The Morgan fingerprint density at radius 1 is 1.44 bits per heavy atom. The molecule has 0 atom stereocenters. The molecule has 0 spiro atoms. The van der Waals surface area contributed by atoms with Gasteiger partial charge < -0.3 is 4.90 Å². The SMILES string of the molecule is CC(=O)c1ccc(N(C)CCC(C)C)cn1. The van der Waals surface area contributed by atoms with Gasteiger partial charge in [-0.15, -0.1) is 0 Å². The van der Waals surface area contributed by atoms with Crippen LogP contribution >= 0.6 is 0 Å². The summed E-state index contributed by atoms with van der Waals surface area (Å²) in [5.41, 5.74) is 1.59. The molecule has 0 saturated heterocycles. The Morgan fingerprint density at radius 3 is 2.56 bits per heavy atom. The molecule has 1 aromatic rings. The van der Waals surface area contributed by atoms with Gasteiger partial charge in [-0.05, 0) is 24.5 Å². The van der Waals surface area contributed by atoms with Crippen molar-refractivity contribution in [3.8, 4) is 0 Å². The van der Waals surface area contributed by atoms with Gasteiger partial charge in [-0.25, -0.2) is 0 Å². The zero-order valence-electron chi connectivity index (χ0n) is 10.5. The van der Waals surface area contributed by atoms with E-state index in [4.69, 9.17) is 0 Å². The molecule has 0 amide bonds. The number of nitrogens with zero attached hydrogens (tertiary/aromatic N) is 2. The van der Waals surface area contributed by atoms with Gasteiger partial charge in [0.2, 0.25) is 0 Å². The van der Waals surface area contributed by atoms with E-state index in [9.17, 15) is 4.79 Å². The van der Waals surface area contributed by atoms with E-state index in [2.05, 4.69) is 23.7 Å². The monoisotopic (exact) mass is 220 g/mol. The lowest BCUT2D eigenvalue weighted by molar-refractivity contribution is 0.101. The lowest BCUT2D eigenvalue weighted by Crippen LogP contribution is -2.20. The lowest BCUT2D eigenvalue weighted by atomic mass is 10.1. The molecule has 16 heavy (non-hydrogen) atoms. The molecule has 0 aliphatic rings. The Balaban J connectivity index is 2.63. The first-order chi connectivity index (χ1) is 7.50. The number of anilines is 1. The number of Topliss-reactive ketones (excluding diaryl/α,β-unsaturated/α-hetero) is 1. The Morgan fingerprint density at radius 2 is 2.12 bits per heavy atom. The summed E-state index contributed by atoms with van der Waals surface area (Å²) in [6.45, 7) is 6.97. The van der Waals surface area contributed by atoms with Crippen molar-refractivity contribution in [2.75, 3.05) is 18.5 Å². The number of carbonyl (C=O) groups excluding carboxylic acids is 1. The number of hydrogen-bond donors (Lipinski definition) is 0. The predicted octanol–water partition coefficient (Wildman–Crippen LogP) is 2.77. The fourth-order valence-electron chi connectivity index (χ4n) is 1.40. The van der Waals surface area contributed by atoms with Gasteiger partial charge in [0.25, 0.3) is 0 Å². The summed E-state index contributed by atoms with van der Waals surface area (Å²) in [6.07, 6.45) is 2.92. The largest absolute Gasteiger partial charge is 0.373 e. The molecule has 1 rings (SSSR count).